The van der Waals surface area contributed by atoms with Gasteiger partial charge in [-0.25, -0.2) is 9.97 Å². The number of amides is 1. The zero-order chi connectivity index (χ0) is 21.5. The number of carbonyl (C=O) groups excluding carboxylic acids is 1. The van der Waals surface area contributed by atoms with E-state index < -0.39 is 0 Å². The highest BCUT2D eigenvalue weighted by Crippen LogP contribution is 2.23. The quantitative estimate of drug-likeness (QED) is 0.378. The first-order chi connectivity index (χ1) is 15.2. The van der Waals surface area contributed by atoms with E-state index in [4.69, 9.17) is 0 Å². The van der Waals surface area contributed by atoms with Crippen molar-refractivity contribution in [3.05, 3.63) is 96.7 Å². The fraction of sp³-hybridized carbons (Fsp3) is 0.0800. The van der Waals surface area contributed by atoms with Crippen molar-refractivity contribution < 1.29 is 4.79 Å². The van der Waals surface area contributed by atoms with Gasteiger partial charge in [0.1, 0.15) is 0 Å². The van der Waals surface area contributed by atoms with Crippen LogP contribution in [0.2, 0.25) is 0 Å². The Morgan fingerprint density at radius 1 is 0.839 bits per heavy atom. The van der Waals surface area contributed by atoms with Crippen LogP contribution in [0.1, 0.15) is 12.5 Å². The Kier molecular flexibility index (Phi) is 6.18. The van der Waals surface area contributed by atoms with Crippen molar-refractivity contribution in [3.63, 3.8) is 0 Å². The lowest BCUT2D eigenvalue weighted by molar-refractivity contribution is -0.114. The van der Waals surface area contributed by atoms with Gasteiger partial charge in [0.25, 0.3) is 0 Å². The molecule has 1 amide bonds. The summed E-state index contributed by atoms with van der Waals surface area (Å²) in [5.41, 5.74) is 5.63. The van der Waals surface area contributed by atoms with E-state index in [0.29, 0.717) is 5.95 Å². The molecule has 0 saturated carbocycles. The molecule has 0 aliphatic rings. The molecule has 0 unspecified atom stereocenters. The summed E-state index contributed by atoms with van der Waals surface area (Å²) in [5, 5.41) is 9.47. The van der Waals surface area contributed by atoms with Gasteiger partial charge >= 0.3 is 0 Å². The van der Waals surface area contributed by atoms with Gasteiger partial charge in [0.05, 0.1) is 5.69 Å². The molecule has 0 bridgehead atoms. The molecule has 6 heteroatoms. The molecule has 0 aliphatic heterocycles. The van der Waals surface area contributed by atoms with Crippen molar-refractivity contribution in [2.75, 3.05) is 16.0 Å². The van der Waals surface area contributed by atoms with Crippen LogP contribution in [0, 0.1) is 0 Å². The molecule has 31 heavy (non-hydrogen) atoms. The molecule has 4 rings (SSSR count). The van der Waals surface area contributed by atoms with Crippen molar-refractivity contribution in [2.45, 2.75) is 13.5 Å². The number of nitrogens with one attached hydrogen (secondary N) is 3. The van der Waals surface area contributed by atoms with Crippen LogP contribution >= 0.6 is 0 Å². The van der Waals surface area contributed by atoms with Crippen LogP contribution in [-0.2, 0) is 11.3 Å². The normalized spacial score (nSPS) is 10.4. The van der Waals surface area contributed by atoms with E-state index in [1.54, 1.807) is 6.20 Å². The fourth-order valence-electron chi connectivity index (χ4n) is 3.14. The monoisotopic (exact) mass is 409 g/mol. The zero-order valence-electron chi connectivity index (χ0n) is 17.2. The molecule has 6 nitrogen and oxygen atoms in total. The number of nitrogens with zero attached hydrogens (tertiary/aromatic N) is 2. The molecular weight excluding hydrogens is 386 g/mol. The molecule has 3 aromatic carbocycles. The lowest BCUT2D eigenvalue weighted by Crippen LogP contribution is -2.05. The number of rotatable bonds is 7. The third-order valence-electron chi connectivity index (χ3n) is 4.61. The topological polar surface area (TPSA) is 78.9 Å². The molecule has 0 atom stereocenters. The van der Waals surface area contributed by atoms with Crippen LogP contribution in [0.25, 0.3) is 11.3 Å². The summed E-state index contributed by atoms with van der Waals surface area (Å²) < 4.78 is 0. The standard InChI is InChI=1S/C25H23N5O/c1-18(31)28-21-12-10-20(11-13-21)24-14-15-26-25(30-24)29-23-9-5-8-22(16-23)27-17-19-6-3-2-4-7-19/h2-16,27H,17H2,1H3,(H,28,31)(H,26,29,30). The molecular formula is C25H23N5O. The molecule has 0 radical (unpaired) electrons. The second-order valence-electron chi connectivity index (χ2n) is 7.07. The van der Waals surface area contributed by atoms with Crippen molar-refractivity contribution in [1.29, 1.82) is 0 Å². The molecule has 0 aliphatic carbocycles. The number of carbonyl (C=O) groups is 1. The predicted octanol–water partition coefficient (Wildman–Crippen LogP) is 5.46. The first-order valence-corrected chi connectivity index (χ1v) is 10.0. The maximum absolute atomic E-state index is 11.2. The lowest BCUT2D eigenvalue weighted by atomic mass is 10.1. The average molecular weight is 409 g/mol. The summed E-state index contributed by atoms with van der Waals surface area (Å²) in [4.78, 5) is 20.1. The van der Waals surface area contributed by atoms with Gasteiger partial charge in [-0.2, -0.15) is 0 Å². The van der Waals surface area contributed by atoms with Gasteiger partial charge in [-0.1, -0.05) is 48.5 Å². The maximum atomic E-state index is 11.2. The van der Waals surface area contributed by atoms with Crippen LogP contribution in [0.4, 0.5) is 23.0 Å². The molecule has 3 N–H and O–H groups in total. The lowest BCUT2D eigenvalue weighted by Gasteiger charge is -2.10. The Bertz CT molecular complexity index is 1160. The molecule has 1 aromatic heterocycles. The summed E-state index contributed by atoms with van der Waals surface area (Å²) in [5.74, 6) is 0.422. The second kappa shape index (κ2) is 9.54. The molecule has 0 spiro atoms. The van der Waals surface area contributed by atoms with Gasteiger partial charge < -0.3 is 16.0 Å². The third kappa shape index (κ3) is 5.67. The number of hydrogen-bond acceptors (Lipinski definition) is 5. The van der Waals surface area contributed by atoms with Gasteiger partial charge in [0.15, 0.2) is 0 Å². The Morgan fingerprint density at radius 3 is 2.39 bits per heavy atom. The zero-order valence-corrected chi connectivity index (χ0v) is 17.2. The van der Waals surface area contributed by atoms with E-state index in [1.165, 1.54) is 12.5 Å². The Balaban J connectivity index is 1.44. The van der Waals surface area contributed by atoms with Crippen molar-refractivity contribution >= 4 is 28.9 Å². The van der Waals surface area contributed by atoms with E-state index in [0.717, 1.165) is 34.9 Å². The minimum absolute atomic E-state index is 0.0956. The van der Waals surface area contributed by atoms with Gasteiger partial charge in [-0.3, -0.25) is 4.79 Å². The van der Waals surface area contributed by atoms with E-state index in [2.05, 4.69) is 38.1 Å². The number of benzene rings is 3. The van der Waals surface area contributed by atoms with Gasteiger partial charge in [-0.15, -0.1) is 0 Å². The van der Waals surface area contributed by atoms with Crippen molar-refractivity contribution in [3.8, 4) is 11.3 Å². The molecule has 0 fully saturated rings. The Labute approximate surface area is 181 Å². The van der Waals surface area contributed by atoms with E-state index in [9.17, 15) is 4.79 Å². The average Bonchev–Trinajstić information content (AvgIpc) is 2.79. The van der Waals surface area contributed by atoms with Crippen molar-refractivity contribution in [2.24, 2.45) is 0 Å². The Hall–Kier alpha value is -4.19. The smallest absolute Gasteiger partial charge is 0.227 e. The fourth-order valence-corrected chi connectivity index (χ4v) is 3.14. The Morgan fingerprint density at radius 2 is 1.61 bits per heavy atom. The van der Waals surface area contributed by atoms with Crippen LogP contribution in [0.3, 0.4) is 0 Å². The maximum Gasteiger partial charge on any atom is 0.227 e. The minimum Gasteiger partial charge on any atom is -0.381 e. The number of anilines is 4. The first kappa shape index (κ1) is 20.1. The van der Waals surface area contributed by atoms with E-state index >= 15 is 0 Å². The number of hydrogen-bond donors (Lipinski definition) is 3. The highest BCUT2D eigenvalue weighted by molar-refractivity contribution is 5.88. The SMILES string of the molecule is CC(=O)Nc1ccc(-c2ccnc(Nc3cccc(NCc4ccccc4)c3)n2)cc1. The first-order valence-electron chi connectivity index (χ1n) is 10.0. The minimum atomic E-state index is -0.0956. The summed E-state index contributed by atoms with van der Waals surface area (Å²) in [7, 11) is 0. The summed E-state index contributed by atoms with van der Waals surface area (Å²) in [6.45, 7) is 2.24. The second-order valence-corrected chi connectivity index (χ2v) is 7.07. The summed E-state index contributed by atoms with van der Waals surface area (Å²) >= 11 is 0. The summed E-state index contributed by atoms with van der Waals surface area (Å²) in [6.07, 6.45) is 1.73. The largest absolute Gasteiger partial charge is 0.381 e. The molecule has 4 aromatic rings. The molecule has 0 saturated heterocycles. The molecule has 1 heterocycles. The van der Waals surface area contributed by atoms with Crippen molar-refractivity contribution in [1.82, 2.24) is 9.97 Å². The highest BCUT2D eigenvalue weighted by Gasteiger charge is 2.05. The van der Waals surface area contributed by atoms with E-state index in [1.807, 2.05) is 72.8 Å². The van der Waals surface area contributed by atoms with Crippen LogP contribution in [-0.4, -0.2) is 15.9 Å². The van der Waals surface area contributed by atoms with Crippen LogP contribution < -0.4 is 16.0 Å². The molecule has 154 valence electrons. The van der Waals surface area contributed by atoms with E-state index in [-0.39, 0.29) is 5.91 Å². The van der Waals surface area contributed by atoms with Gasteiger partial charge in [-0.05, 0) is 42.0 Å². The van der Waals surface area contributed by atoms with Gasteiger partial charge in [0, 0.05) is 42.3 Å². The summed E-state index contributed by atoms with van der Waals surface area (Å²) in [6, 6.07) is 27.7. The highest BCUT2D eigenvalue weighted by atomic mass is 16.1. The number of aromatic nitrogens is 2. The van der Waals surface area contributed by atoms with Crippen LogP contribution in [0.5, 0.6) is 0 Å². The van der Waals surface area contributed by atoms with Gasteiger partial charge in [0.2, 0.25) is 11.9 Å². The third-order valence-corrected chi connectivity index (χ3v) is 4.61. The van der Waals surface area contributed by atoms with Crippen LogP contribution in [0.15, 0.2) is 91.1 Å². The predicted molar refractivity (Wildman–Crippen MR) is 125 cm³/mol.